The minimum absolute atomic E-state index is 0.0756. The van der Waals surface area contributed by atoms with Crippen LogP contribution in [0.4, 0.5) is 5.69 Å². The second-order valence-electron chi connectivity index (χ2n) is 10.6. The third-order valence-corrected chi connectivity index (χ3v) is 8.53. The lowest BCUT2D eigenvalue weighted by Gasteiger charge is -2.33. The number of sulfonamides is 1. The maximum absolute atomic E-state index is 13.9. The van der Waals surface area contributed by atoms with Crippen LogP contribution >= 0.6 is 0 Å². The molecule has 9 nitrogen and oxygen atoms in total. The largest absolute Gasteiger partial charge is 0.497 e. The molecule has 0 saturated heterocycles. The maximum atomic E-state index is 13.9. The van der Waals surface area contributed by atoms with Crippen LogP contribution in [0.15, 0.2) is 78.9 Å². The van der Waals surface area contributed by atoms with Gasteiger partial charge in [0.05, 0.1) is 19.1 Å². The van der Waals surface area contributed by atoms with Gasteiger partial charge in [-0.15, -0.1) is 0 Å². The number of para-hydroxylation sites is 1. The van der Waals surface area contributed by atoms with Gasteiger partial charge in [0.1, 0.15) is 29.8 Å². The van der Waals surface area contributed by atoms with Gasteiger partial charge in [-0.05, 0) is 73.9 Å². The summed E-state index contributed by atoms with van der Waals surface area (Å²) in [5.74, 6) is 1.03. The van der Waals surface area contributed by atoms with Crippen LogP contribution in [-0.2, 0) is 26.2 Å². The van der Waals surface area contributed by atoms with E-state index >= 15 is 0 Å². The smallest absolute Gasteiger partial charge is 0.244 e. The molecule has 1 saturated carbocycles. The van der Waals surface area contributed by atoms with E-state index in [9.17, 15) is 18.0 Å². The van der Waals surface area contributed by atoms with Crippen molar-refractivity contribution in [3.8, 4) is 17.2 Å². The highest BCUT2D eigenvalue weighted by atomic mass is 32.2. The molecule has 224 valence electrons. The van der Waals surface area contributed by atoms with Crippen LogP contribution in [0.2, 0.25) is 0 Å². The van der Waals surface area contributed by atoms with Crippen LogP contribution in [-0.4, -0.2) is 57.1 Å². The molecule has 3 aromatic carbocycles. The van der Waals surface area contributed by atoms with Gasteiger partial charge in [0, 0.05) is 12.6 Å². The van der Waals surface area contributed by atoms with Crippen molar-refractivity contribution in [2.45, 2.75) is 57.7 Å². The number of hydrogen-bond acceptors (Lipinski definition) is 6. The number of hydrogen-bond donors (Lipinski definition) is 1. The highest BCUT2D eigenvalue weighted by molar-refractivity contribution is 7.92. The van der Waals surface area contributed by atoms with E-state index in [2.05, 4.69) is 5.32 Å². The molecular weight excluding hydrogens is 554 g/mol. The van der Waals surface area contributed by atoms with E-state index in [4.69, 9.17) is 9.47 Å². The summed E-state index contributed by atoms with van der Waals surface area (Å²) in [5, 5.41) is 3.10. The number of carbonyl (C=O) groups excluding carboxylic acids is 2. The lowest BCUT2D eigenvalue weighted by Crippen LogP contribution is -2.52. The molecule has 1 fully saturated rings. The quantitative estimate of drug-likeness (QED) is 0.313. The van der Waals surface area contributed by atoms with E-state index in [1.165, 1.54) is 4.90 Å². The van der Waals surface area contributed by atoms with Crippen LogP contribution in [0.3, 0.4) is 0 Å². The van der Waals surface area contributed by atoms with E-state index < -0.39 is 28.5 Å². The molecule has 4 rings (SSSR count). The summed E-state index contributed by atoms with van der Waals surface area (Å²) in [5.41, 5.74) is 1.07. The molecular formula is C32H39N3O6S. The molecule has 10 heteroatoms. The van der Waals surface area contributed by atoms with Crippen molar-refractivity contribution in [1.29, 1.82) is 0 Å². The summed E-state index contributed by atoms with van der Waals surface area (Å²) in [6, 6.07) is 22.2. The highest BCUT2D eigenvalue weighted by Crippen LogP contribution is 2.26. The number of nitrogens with zero attached hydrogens (tertiary/aromatic N) is 2. The van der Waals surface area contributed by atoms with Gasteiger partial charge in [-0.3, -0.25) is 13.9 Å². The summed E-state index contributed by atoms with van der Waals surface area (Å²) in [6.45, 7) is 1.32. The van der Waals surface area contributed by atoms with Crippen molar-refractivity contribution in [1.82, 2.24) is 10.2 Å². The third kappa shape index (κ3) is 8.48. The van der Waals surface area contributed by atoms with Crippen molar-refractivity contribution in [2.75, 3.05) is 24.2 Å². The number of nitrogens with one attached hydrogen (secondary N) is 1. The number of benzene rings is 3. The Morgan fingerprint density at radius 3 is 2.19 bits per heavy atom. The molecule has 1 aliphatic rings. The van der Waals surface area contributed by atoms with Crippen LogP contribution in [0.1, 0.15) is 44.6 Å². The molecule has 0 bridgehead atoms. The van der Waals surface area contributed by atoms with Crippen molar-refractivity contribution in [3.05, 3.63) is 84.4 Å². The lowest BCUT2D eigenvalue weighted by atomic mass is 9.95. The molecule has 1 atom stereocenters. The molecule has 0 radical (unpaired) electrons. The lowest BCUT2D eigenvalue weighted by molar-refractivity contribution is -0.139. The fraction of sp³-hybridized carbons (Fsp3) is 0.375. The average molecular weight is 594 g/mol. The molecule has 0 aliphatic heterocycles. The zero-order valence-electron chi connectivity index (χ0n) is 24.4. The molecule has 0 heterocycles. The fourth-order valence-electron chi connectivity index (χ4n) is 5.04. The molecule has 0 aromatic heterocycles. The molecule has 0 spiro atoms. The first-order valence-electron chi connectivity index (χ1n) is 14.2. The van der Waals surface area contributed by atoms with Crippen molar-refractivity contribution >= 4 is 27.5 Å². The van der Waals surface area contributed by atoms with Crippen molar-refractivity contribution < 1.29 is 27.5 Å². The van der Waals surface area contributed by atoms with E-state index in [1.54, 1.807) is 50.4 Å². The fourth-order valence-corrected chi connectivity index (χ4v) is 5.89. The second kappa shape index (κ2) is 14.2. The van der Waals surface area contributed by atoms with Gasteiger partial charge in [0.2, 0.25) is 21.8 Å². The summed E-state index contributed by atoms with van der Waals surface area (Å²) >= 11 is 0. The van der Waals surface area contributed by atoms with Gasteiger partial charge >= 0.3 is 0 Å². The average Bonchev–Trinajstić information content (AvgIpc) is 2.99. The number of amides is 2. The zero-order chi connectivity index (χ0) is 30.1. The Hall–Kier alpha value is -4.05. The van der Waals surface area contributed by atoms with Gasteiger partial charge in [-0.25, -0.2) is 8.42 Å². The van der Waals surface area contributed by atoms with Gasteiger partial charge in [0.25, 0.3) is 0 Å². The Kier molecular flexibility index (Phi) is 10.5. The minimum atomic E-state index is -3.85. The molecule has 0 unspecified atom stereocenters. The van der Waals surface area contributed by atoms with E-state index in [1.807, 2.05) is 42.5 Å². The number of anilines is 1. The van der Waals surface area contributed by atoms with Crippen LogP contribution < -0.4 is 19.1 Å². The Bertz CT molecular complexity index is 1440. The minimum Gasteiger partial charge on any atom is -0.497 e. The Balaban J connectivity index is 1.56. The first-order valence-corrected chi connectivity index (χ1v) is 16.0. The molecule has 42 heavy (non-hydrogen) atoms. The first-order chi connectivity index (χ1) is 20.1. The summed E-state index contributed by atoms with van der Waals surface area (Å²) in [4.78, 5) is 28.6. The second-order valence-corrected chi connectivity index (χ2v) is 12.5. The summed E-state index contributed by atoms with van der Waals surface area (Å²) in [6.07, 6.45) is 6.15. The number of rotatable bonds is 12. The zero-order valence-corrected chi connectivity index (χ0v) is 25.2. The third-order valence-electron chi connectivity index (χ3n) is 7.39. The Labute approximate surface area is 248 Å². The first kappa shape index (κ1) is 30.9. The number of carbonyl (C=O) groups is 2. The van der Waals surface area contributed by atoms with Gasteiger partial charge < -0.3 is 19.7 Å². The Morgan fingerprint density at radius 2 is 1.55 bits per heavy atom. The predicted molar refractivity (Wildman–Crippen MR) is 163 cm³/mol. The van der Waals surface area contributed by atoms with Crippen molar-refractivity contribution in [2.24, 2.45) is 0 Å². The van der Waals surface area contributed by atoms with Crippen LogP contribution in [0, 0.1) is 0 Å². The van der Waals surface area contributed by atoms with E-state index in [0.717, 1.165) is 48.2 Å². The summed E-state index contributed by atoms with van der Waals surface area (Å²) < 4.78 is 38.0. The van der Waals surface area contributed by atoms with Gasteiger partial charge in [-0.2, -0.15) is 0 Å². The standard InChI is InChI=1S/C32H39N3O6S/c1-24(32(37)33-26-12-6-4-7-13-26)34(22-25-11-10-16-30(21-25)40-2)31(36)23-35(42(3,38)39)27-17-19-29(20-18-27)41-28-14-8-5-9-15-28/h5,8-11,14-21,24,26H,4,6-7,12-13,22-23H2,1-3H3,(H,33,37)/t24-/m0/s1. The maximum Gasteiger partial charge on any atom is 0.244 e. The Morgan fingerprint density at radius 1 is 0.905 bits per heavy atom. The van der Waals surface area contributed by atoms with E-state index in [-0.39, 0.29) is 18.5 Å². The molecule has 3 aromatic rings. The predicted octanol–water partition coefficient (Wildman–Crippen LogP) is 5.12. The number of methoxy groups -OCH3 is 1. The normalized spacial score (nSPS) is 14.5. The summed E-state index contributed by atoms with van der Waals surface area (Å²) in [7, 11) is -2.29. The SMILES string of the molecule is COc1cccc(CN(C(=O)CN(c2ccc(Oc3ccccc3)cc2)S(C)(=O)=O)[C@@H](C)C(=O)NC2CCCCC2)c1. The molecule has 1 N–H and O–H groups in total. The molecule has 1 aliphatic carbocycles. The van der Waals surface area contributed by atoms with Gasteiger partial charge in [0.15, 0.2) is 0 Å². The van der Waals surface area contributed by atoms with Crippen LogP contribution in [0.25, 0.3) is 0 Å². The number of ether oxygens (including phenoxy) is 2. The van der Waals surface area contributed by atoms with Crippen molar-refractivity contribution in [3.63, 3.8) is 0 Å². The topological polar surface area (TPSA) is 105 Å². The molecule has 2 amide bonds. The highest BCUT2D eigenvalue weighted by Gasteiger charge is 2.31. The monoisotopic (exact) mass is 593 g/mol. The van der Waals surface area contributed by atoms with E-state index in [0.29, 0.717) is 22.9 Å². The van der Waals surface area contributed by atoms with Crippen LogP contribution in [0.5, 0.6) is 17.2 Å². The van der Waals surface area contributed by atoms with Gasteiger partial charge in [-0.1, -0.05) is 49.6 Å².